The van der Waals surface area contributed by atoms with Crippen LogP contribution in [0.15, 0.2) is 118 Å². The zero-order chi connectivity index (χ0) is 33.9. The molecule has 0 atom stereocenters. The van der Waals surface area contributed by atoms with Gasteiger partial charge in [0.15, 0.2) is 5.58 Å². The molecule has 2 heterocycles. The van der Waals surface area contributed by atoms with E-state index in [1.54, 1.807) is 6.07 Å². The quantitative estimate of drug-likeness (QED) is 0.121. The summed E-state index contributed by atoms with van der Waals surface area (Å²) in [6.07, 6.45) is 0. The number of fused-ring (bicyclic) bond motifs is 7. The first-order chi connectivity index (χ1) is 23.2. The van der Waals surface area contributed by atoms with Gasteiger partial charge < -0.3 is 30.6 Å². The van der Waals surface area contributed by atoms with Crippen molar-refractivity contribution in [1.29, 1.82) is 0 Å². The van der Waals surface area contributed by atoms with Crippen LogP contribution in [0.1, 0.15) is 1.43 Å². The van der Waals surface area contributed by atoms with Gasteiger partial charge in [-0.15, -0.1) is 0 Å². The van der Waals surface area contributed by atoms with Crippen molar-refractivity contribution < 1.29 is 147 Å². The summed E-state index contributed by atoms with van der Waals surface area (Å²) in [5.41, 5.74) is 3.36. The number of carbonyl (C=O) groups excluding carboxylic acids is 1. The van der Waals surface area contributed by atoms with Crippen molar-refractivity contribution in [1.82, 2.24) is 0 Å². The third kappa shape index (κ3) is 8.01. The van der Waals surface area contributed by atoms with Crippen LogP contribution in [0, 0.1) is 11.6 Å². The van der Waals surface area contributed by atoms with E-state index < -0.39 is 17.4 Å². The fourth-order valence-electron chi connectivity index (χ4n) is 5.47. The smallest absolute Gasteiger partial charge is 1.00 e. The summed E-state index contributed by atoms with van der Waals surface area (Å²) in [6, 6.07) is 30.5. The Kier molecular flexibility index (Phi) is 14.5. The van der Waals surface area contributed by atoms with Crippen LogP contribution in [-0.4, -0.2) is 16.7 Å². The molecular weight excluding hydrogens is 743 g/mol. The summed E-state index contributed by atoms with van der Waals surface area (Å²) in [5, 5.41) is 33.6. The van der Waals surface area contributed by atoms with Gasteiger partial charge in [0.1, 0.15) is 39.9 Å². The third-order valence-electron chi connectivity index (χ3n) is 7.54. The van der Waals surface area contributed by atoms with Gasteiger partial charge in [-0.1, -0.05) is 83.9 Å². The second-order valence-electron chi connectivity index (χ2n) is 10.3. The topological polar surface area (TPSA) is 116 Å². The molecule has 8 aromatic rings. The summed E-state index contributed by atoms with van der Waals surface area (Å²) in [5.74, 6) is -2.04. The first-order valence-corrected chi connectivity index (χ1v) is 14.9. The molecule has 0 radical (unpaired) electrons. The first kappa shape index (κ1) is 40.4. The number of furan rings is 2. The number of phenols is 2. The largest absolute Gasteiger partial charge is 1.00 e. The molecule has 0 saturated heterocycles. The minimum absolute atomic E-state index is 0. The Morgan fingerprint density at radius 1 is 0.660 bits per heavy atom. The van der Waals surface area contributed by atoms with Crippen molar-refractivity contribution in [2.45, 2.75) is 0 Å². The molecule has 0 fully saturated rings. The number of aromatic hydroxyl groups is 2. The van der Waals surface area contributed by atoms with Gasteiger partial charge in [-0.05, 0) is 48.5 Å². The van der Waals surface area contributed by atoms with Gasteiger partial charge in [-0.25, -0.2) is 8.78 Å². The molecule has 0 aliphatic carbocycles. The van der Waals surface area contributed by atoms with E-state index in [0.717, 1.165) is 43.9 Å². The van der Waals surface area contributed by atoms with E-state index in [-0.39, 0.29) is 144 Å². The number of hydrogen-bond acceptors (Lipinski definition) is 7. The Morgan fingerprint density at radius 3 is 2.02 bits per heavy atom. The Labute approximate surface area is 379 Å². The second-order valence-corrected chi connectivity index (χ2v) is 11.1. The van der Waals surface area contributed by atoms with Crippen LogP contribution in [-0.2, 0) is 9.68 Å². The summed E-state index contributed by atoms with van der Waals surface area (Å²) in [7, 11) is 0. The summed E-state index contributed by atoms with van der Waals surface area (Å²) in [6.45, 7) is -0.181. The van der Waals surface area contributed by atoms with Gasteiger partial charge in [-0.3, -0.25) is 4.79 Å². The maximum absolute atomic E-state index is 14.2. The van der Waals surface area contributed by atoms with Crippen molar-refractivity contribution in [3.8, 4) is 33.8 Å². The van der Waals surface area contributed by atoms with Crippen molar-refractivity contribution in [2.24, 2.45) is 0 Å². The maximum Gasteiger partial charge on any atom is 1.00 e. The Bertz CT molecular complexity index is 2470. The zero-order valence-corrected chi connectivity index (χ0v) is 34.2. The monoisotopic (exact) mass is 764 g/mol. The Balaban J connectivity index is 0.000000237. The molecule has 0 spiro atoms. The number of para-hydroxylation sites is 2. The molecule has 0 aliphatic heterocycles. The zero-order valence-electron chi connectivity index (χ0n) is 27.4. The van der Waals surface area contributed by atoms with E-state index in [0.29, 0.717) is 5.02 Å². The van der Waals surface area contributed by atoms with E-state index in [2.05, 4.69) is 11.0 Å². The van der Waals surface area contributed by atoms with Crippen LogP contribution < -0.4 is 108 Å². The number of hydrogen-bond donors (Lipinski definition) is 2. The molecule has 0 saturated carbocycles. The molecule has 0 bridgehead atoms. The fraction of sp³-hybridized carbons (Fsp3) is 0. The van der Waals surface area contributed by atoms with Crippen molar-refractivity contribution in [3.63, 3.8) is 0 Å². The van der Waals surface area contributed by atoms with Crippen LogP contribution in [0.25, 0.3) is 66.1 Å². The van der Waals surface area contributed by atoms with Crippen molar-refractivity contribution in [2.75, 3.05) is 0 Å². The molecule has 8 rings (SSSR count). The molecule has 0 aliphatic rings. The predicted octanol–water partition coefficient (Wildman–Crippen LogP) is 4.06. The molecule has 6 aromatic carbocycles. The Morgan fingerprint density at radius 2 is 1.28 bits per heavy atom. The van der Waals surface area contributed by atoms with Crippen LogP contribution in [0.3, 0.4) is 0 Å². The molecule has 2 aromatic heterocycles. The average molecular weight is 766 g/mol. The molecule has 0 amide bonds. The minimum atomic E-state index is -0.699. The predicted molar refractivity (Wildman–Crippen MR) is 180 cm³/mol. The number of halogens is 4. The van der Waals surface area contributed by atoms with Gasteiger partial charge in [0, 0.05) is 32.8 Å². The number of benzene rings is 6. The van der Waals surface area contributed by atoms with Crippen molar-refractivity contribution in [3.05, 3.63) is 131 Å². The fourth-order valence-corrected chi connectivity index (χ4v) is 5.86. The van der Waals surface area contributed by atoms with Gasteiger partial charge in [0.2, 0.25) is 0 Å². The molecule has 242 valence electrons. The van der Waals surface area contributed by atoms with Gasteiger partial charge >= 0.3 is 103 Å². The van der Waals surface area contributed by atoms with E-state index in [1.807, 2.05) is 48.5 Å². The number of rotatable bonds is 3. The Hall–Kier alpha value is -2.34. The van der Waals surface area contributed by atoms with Crippen LogP contribution in [0.5, 0.6) is 11.5 Å². The number of carbonyl (C=O) groups is 1. The third-order valence-corrected chi connectivity index (χ3v) is 8.13. The van der Waals surface area contributed by atoms with Crippen molar-refractivity contribution >= 4 is 73.6 Å². The van der Waals surface area contributed by atoms with Crippen LogP contribution in [0.4, 0.5) is 8.78 Å². The summed E-state index contributed by atoms with van der Waals surface area (Å²) >= 11 is 12.0. The van der Waals surface area contributed by atoms with E-state index >= 15 is 0 Å². The first-order valence-electron chi connectivity index (χ1n) is 14.1. The van der Waals surface area contributed by atoms with Crippen LogP contribution >= 0.6 is 23.2 Å². The molecule has 7 nitrogen and oxygen atoms in total. The average Bonchev–Trinajstić information content (AvgIpc) is 3.67. The molecule has 13 heteroatoms. The van der Waals surface area contributed by atoms with E-state index in [4.69, 9.17) is 42.1 Å². The normalized spacial score (nSPS) is 10.4. The minimum Gasteiger partial charge on any atom is -1.00 e. The second kappa shape index (κ2) is 17.9. The van der Waals surface area contributed by atoms with Gasteiger partial charge in [-0.2, -0.15) is 0 Å². The van der Waals surface area contributed by atoms with Gasteiger partial charge in [0.25, 0.3) is 6.47 Å². The molecule has 2 N–H and O–H groups in total. The summed E-state index contributed by atoms with van der Waals surface area (Å²) in [4.78, 5) is 11.2. The standard InChI is InChI=1S/C18H11ClF2O2.C18H9ClO2.CH2O3.2K.H/c19-13-6-3-5-10(17(13)21)11-8-9-15(22)16(18(11)23)12-4-1-2-7-14(12)20;19-13-6-3-5-10-11-8-9-15-16(18(11)21-17(10)13)12-4-1-2-7-14(12)20-15;2-1-4-3;;;/h1-9,22-23H;1-9H;1,3H;;;/q;;;2*+1;-1/p-1. The van der Waals surface area contributed by atoms with Gasteiger partial charge in [0.05, 0.1) is 21.0 Å². The SMILES string of the molecule is Clc1cccc2c1oc1c2ccc2oc3ccccc3c21.O=CO[O-].Oc1ccc(-c2cccc(Cl)c2F)c(O)c1-c1ccccc1F.[H-].[K+].[K+]. The molecule has 50 heavy (non-hydrogen) atoms. The summed E-state index contributed by atoms with van der Waals surface area (Å²) < 4.78 is 40.2. The number of phenolic OH excluding ortho intramolecular Hbond substituents is 2. The van der Waals surface area contributed by atoms with E-state index in [1.165, 1.54) is 48.5 Å². The molecule has 0 unspecified atom stereocenters. The maximum atomic E-state index is 14.2. The van der Waals surface area contributed by atoms with Crippen LogP contribution in [0.2, 0.25) is 10.0 Å². The molecular formula is C37H22Cl2F2K2O7. The van der Waals surface area contributed by atoms with E-state index in [9.17, 15) is 19.0 Å².